The molecule has 0 radical (unpaired) electrons. The van der Waals surface area contributed by atoms with Crippen molar-refractivity contribution in [1.29, 1.82) is 0 Å². The Bertz CT molecular complexity index is 291. The van der Waals surface area contributed by atoms with Crippen LogP contribution < -0.4 is 5.32 Å². The number of carbonyl (C=O) groups excluding carboxylic acids is 2. The molecule has 6 nitrogen and oxygen atoms in total. The number of terminal acetylenes is 1. The summed E-state index contributed by atoms with van der Waals surface area (Å²) in [7, 11) is 1.12. The minimum absolute atomic E-state index is 0.459. The molecule has 14 heavy (non-hydrogen) atoms. The van der Waals surface area contributed by atoms with E-state index in [0.29, 0.717) is 0 Å². The summed E-state index contributed by atoms with van der Waals surface area (Å²) in [6.45, 7) is 0. The number of carboxylic acids is 1. The number of hydrogen-bond donors (Lipinski definition) is 2. The molecule has 0 saturated carbocycles. The third-order valence-electron chi connectivity index (χ3n) is 1.33. The van der Waals surface area contributed by atoms with Gasteiger partial charge in [-0.25, -0.2) is 4.79 Å². The van der Waals surface area contributed by atoms with E-state index in [0.717, 1.165) is 7.11 Å². The van der Waals surface area contributed by atoms with Crippen LogP contribution in [0.25, 0.3) is 0 Å². The van der Waals surface area contributed by atoms with Crippen LogP contribution in [0.3, 0.4) is 0 Å². The largest absolute Gasteiger partial charge is 0.480 e. The molecule has 0 fully saturated rings. The molecule has 0 bridgehead atoms. The van der Waals surface area contributed by atoms with Gasteiger partial charge in [-0.2, -0.15) is 0 Å². The van der Waals surface area contributed by atoms with Gasteiger partial charge in [-0.1, -0.05) is 0 Å². The Morgan fingerprint density at radius 3 is 2.50 bits per heavy atom. The lowest BCUT2D eigenvalue weighted by Gasteiger charge is -2.10. The second-order valence-corrected chi connectivity index (χ2v) is 2.29. The fourth-order valence-corrected chi connectivity index (χ4v) is 0.650. The number of carboxylic acid groups (broad SMARTS) is 1. The van der Waals surface area contributed by atoms with E-state index in [1.54, 1.807) is 5.92 Å². The van der Waals surface area contributed by atoms with Crippen molar-refractivity contribution < 1.29 is 24.2 Å². The third kappa shape index (κ3) is 4.11. The Labute approximate surface area is 80.2 Å². The molecule has 0 spiro atoms. The number of amides is 1. The van der Waals surface area contributed by atoms with Gasteiger partial charge in [0, 0.05) is 0 Å². The molecule has 0 aromatic rings. The Morgan fingerprint density at radius 1 is 1.57 bits per heavy atom. The lowest BCUT2D eigenvalue weighted by atomic mass is 10.2. The Morgan fingerprint density at radius 2 is 2.14 bits per heavy atom. The SMILES string of the molecule is C#CC(=O)N[C@@H](CC(=O)OC)C(=O)O. The predicted octanol–water partition coefficient (Wildman–Crippen LogP) is -1.25. The molecule has 0 saturated heterocycles. The maximum atomic E-state index is 10.7. The van der Waals surface area contributed by atoms with Crippen LogP contribution in [0.4, 0.5) is 0 Å². The molecule has 1 amide bonds. The average Bonchev–Trinajstić information content (AvgIpc) is 2.16. The number of hydrogen-bond acceptors (Lipinski definition) is 4. The Balaban J connectivity index is 4.32. The lowest BCUT2D eigenvalue weighted by Crippen LogP contribution is -2.41. The van der Waals surface area contributed by atoms with Gasteiger partial charge in [0.15, 0.2) is 0 Å². The topological polar surface area (TPSA) is 92.7 Å². The summed E-state index contributed by atoms with van der Waals surface area (Å²) in [5, 5.41) is 10.5. The van der Waals surface area contributed by atoms with E-state index in [2.05, 4.69) is 4.74 Å². The minimum Gasteiger partial charge on any atom is -0.480 e. The zero-order chi connectivity index (χ0) is 11.1. The number of rotatable bonds is 4. The second-order valence-electron chi connectivity index (χ2n) is 2.29. The maximum Gasteiger partial charge on any atom is 0.326 e. The first-order valence-electron chi connectivity index (χ1n) is 3.58. The van der Waals surface area contributed by atoms with Crippen LogP contribution in [0.2, 0.25) is 0 Å². The first-order chi connectivity index (χ1) is 6.51. The van der Waals surface area contributed by atoms with Crippen molar-refractivity contribution in [1.82, 2.24) is 5.32 Å². The van der Waals surface area contributed by atoms with Crippen molar-refractivity contribution in [3.63, 3.8) is 0 Å². The predicted molar refractivity (Wildman–Crippen MR) is 45.0 cm³/mol. The fourth-order valence-electron chi connectivity index (χ4n) is 0.650. The molecule has 0 unspecified atom stereocenters. The van der Waals surface area contributed by atoms with Gasteiger partial charge in [0.1, 0.15) is 6.04 Å². The zero-order valence-electron chi connectivity index (χ0n) is 7.44. The molecule has 2 N–H and O–H groups in total. The summed E-state index contributed by atoms with van der Waals surface area (Å²) in [5.74, 6) is -1.30. The summed E-state index contributed by atoms with van der Waals surface area (Å²) in [5.41, 5.74) is 0. The average molecular weight is 199 g/mol. The highest BCUT2D eigenvalue weighted by Gasteiger charge is 2.22. The number of methoxy groups -OCH3 is 1. The third-order valence-corrected chi connectivity index (χ3v) is 1.33. The van der Waals surface area contributed by atoms with E-state index in [4.69, 9.17) is 11.5 Å². The van der Waals surface area contributed by atoms with Crippen LogP contribution >= 0.6 is 0 Å². The zero-order valence-corrected chi connectivity index (χ0v) is 7.44. The molecular weight excluding hydrogens is 190 g/mol. The normalized spacial score (nSPS) is 10.9. The van der Waals surface area contributed by atoms with E-state index in [-0.39, 0.29) is 0 Å². The summed E-state index contributed by atoms with van der Waals surface area (Å²) < 4.78 is 4.24. The van der Waals surface area contributed by atoms with E-state index >= 15 is 0 Å². The van der Waals surface area contributed by atoms with Crippen molar-refractivity contribution >= 4 is 17.8 Å². The summed E-state index contributed by atoms with van der Waals surface area (Å²) in [6.07, 6.45) is 4.25. The number of aliphatic carboxylic acids is 1. The van der Waals surface area contributed by atoms with Gasteiger partial charge in [-0.3, -0.25) is 9.59 Å². The summed E-state index contributed by atoms with van der Waals surface area (Å²) >= 11 is 0. The minimum atomic E-state index is -1.36. The van der Waals surface area contributed by atoms with Gasteiger partial charge in [0.2, 0.25) is 0 Å². The van der Waals surface area contributed by atoms with Crippen molar-refractivity contribution in [3.05, 3.63) is 0 Å². The number of carbonyl (C=O) groups is 3. The molecule has 0 aliphatic carbocycles. The smallest absolute Gasteiger partial charge is 0.326 e. The Hall–Kier alpha value is -2.03. The van der Waals surface area contributed by atoms with Crippen molar-refractivity contribution in [2.75, 3.05) is 7.11 Å². The molecule has 0 heterocycles. The van der Waals surface area contributed by atoms with Gasteiger partial charge >= 0.3 is 11.9 Å². The van der Waals surface area contributed by atoms with E-state index in [1.165, 1.54) is 0 Å². The fraction of sp³-hybridized carbons (Fsp3) is 0.375. The number of esters is 1. The van der Waals surface area contributed by atoms with Crippen molar-refractivity contribution in [2.45, 2.75) is 12.5 Å². The van der Waals surface area contributed by atoms with Crippen LogP contribution in [-0.4, -0.2) is 36.1 Å². The highest BCUT2D eigenvalue weighted by Crippen LogP contribution is 1.94. The number of ether oxygens (including phenoxy) is 1. The standard InChI is InChI=1S/C8H9NO5/c1-3-6(10)9-5(8(12)13)4-7(11)14-2/h1,5H,4H2,2H3,(H,9,10)(H,12,13)/t5-/m0/s1. The van der Waals surface area contributed by atoms with Crippen LogP contribution in [-0.2, 0) is 19.1 Å². The van der Waals surface area contributed by atoms with Crippen LogP contribution in [0.5, 0.6) is 0 Å². The maximum absolute atomic E-state index is 10.7. The molecule has 0 aliphatic heterocycles. The van der Waals surface area contributed by atoms with Gasteiger partial charge in [-0.05, 0) is 5.92 Å². The molecule has 1 atom stereocenters. The van der Waals surface area contributed by atoms with Gasteiger partial charge in [0.05, 0.1) is 13.5 Å². The van der Waals surface area contributed by atoms with Crippen molar-refractivity contribution in [2.24, 2.45) is 0 Å². The summed E-state index contributed by atoms with van der Waals surface area (Å²) in [6, 6.07) is -1.36. The molecule has 76 valence electrons. The second kappa shape index (κ2) is 5.59. The molecule has 0 aromatic heterocycles. The quantitative estimate of drug-likeness (QED) is 0.436. The number of nitrogens with one attached hydrogen (secondary N) is 1. The summed E-state index contributed by atoms with van der Waals surface area (Å²) in [4.78, 5) is 31.9. The molecule has 0 rings (SSSR count). The molecule has 0 aliphatic rings. The molecule has 0 aromatic carbocycles. The first-order valence-corrected chi connectivity index (χ1v) is 3.58. The highest BCUT2D eigenvalue weighted by molar-refractivity contribution is 5.96. The molecule has 6 heteroatoms. The molecular formula is C8H9NO5. The van der Waals surface area contributed by atoms with Gasteiger partial charge in [0.25, 0.3) is 5.91 Å². The van der Waals surface area contributed by atoms with E-state index < -0.39 is 30.3 Å². The highest BCUT2D eigenvalue weighted by atomic mass is 16.5. The van der Waals surface area contributed by atoms with Crippen LogP contribution in [0.15, 0.2) is 0 Å². The van der Waals surface area contributed by atoms with E-state index in [1.807, 2.05) is 5.32 Å². The first kappa shape index (κ1) is 12.0. The van der Waals surface area contributed by atoms with E-state index in [9.17, 15) is 14.4 Å². The monoisotopic (exact) mass is 199 g/mol. The Kier molecular flexibility index (Phi) is 4.78. The van der Waals surface area contributed by atoms with Crippen LogP contribution in [0, 0.1) is 12.3 Å². The lowest BCUT2D eigenvalue weighted by molar-refractivity contribution is -0.148. The van der Waals surface area contributed by atoms with Crippen LogP contribution in [0.1, 0.15) is 6.42 Å². The van der Waals surface area contributed by atoms with Gasteiger partial charge in [-0.15, -0.1) is 6.42 Å². The van der Waals surface area contributed by atoms with Crippen molar-refractivity contribution in [3.8, 4) is 12.3 Å². The van der Waals surface area contributed by atoms with Gasteiger partial charge < -0.3 is 15.2 Å².